The maximum atomic E-state index is 10.2. The third kappa shape index (κ3) is 11.2. The van der Waals surface area contributed by atoms with Gasteiger partial charge in [-0.25, -0.2) is 4.79 Å². The number of unbranched alkanes of at least 4 members (excludes halogenated alkanes) is 2. The second-order valence-corrected chi connectivity index (χ2v) is 7.64. The molecule has 1 aromatic rings. The summed E-state index contributed by atoms with van der Waals surface area (Å²) in [5.41, 5.74) is 0.331. The van der Waals surface area contributed by atoms with E-state index in [4.69, 9.17) is 5.11 Å². The predicted molar refractivity (Wildman–Crippen MR) is 72.7 cm³/mol. The van der Waals surface area contributed by atoms with E-state index in [9.17, 15) is 4.79 Å². The Morgan fingerprint density at radius 2 is 1.88 bits per heavy atom. The van der Waals surface area contributed by atoms with Crippen molar-refractivity contribution in [2.75, 3.05) is 0 Å². The second-order valence-electron chi connectivity index (χ2n) is 4.56. The van der Waals surface area contributed by atoms with Crippen LogP contribution in [0.3, 0.4) is 0 Å². The summed E-state index contributed by atoms with van der Waals surface area (Å²) in [6.07, 6.45) is 5.79. The molecule has 1 atom stereocenters. The number of benzene rings is 1. The quantitative estimate of drug-likeness (QED) is 0.643. The van der Waals surface area contributed by atoms with Crippen LogP contribution in [0.15, 0.2) is 30.3 Å². The molecule has 3 heteroatoms. The van der Waals surface area contributed by atoms with Gasteiger partial charge in [0.15, 0.2) is 0 Å². The molecule has 0 spiro atoms. The van der Waals surface area contributed by atoms with Crippen molar-refractivity contribution >= 4 is 54.9 Å². The Morgan fingerprint density at radius 3 is 2.24 bits per heavy atom. The van der Waals surface area contributed by atoms with Crippen molar-refractivity contribution in [3.63, 3.8) is 0 Å². The molecule has 0 fully saturated rings. The van der Waals surface area contributed by atoms with Crippen molar-refractivity contribution in [3.05, 3.63) is 35.9 Å². The summed E-state index contributed by atoms with van der Waals surface area (Å²) < 4.78 is 1.09. The van der Waals surface area contributed by atoms with Crippen molar-refractivity contribution in [3.8, 4) is 0 Å². The number of hydrogen-bond acceptors (Lipinski definition) is 1. The zero-order valence-corrected chi connectivity index (χ0v) is 14.3. The summed E-state index contributed by atoms with van der Waals surface area (Å²) in [5, 5.41) is 8.38. The molecule has 0 amide bonds. The van der Waals surface area contributed by atoms with E-state index >= 15 is 0 Å². The first-order valence-corrected chi connectivity index (χ1v) is 8.16. The first-order valence-electron chi connectivity index (χ1n) is 6.36. The Labute approximate surface area is 138 Å². The van der Waals surface area contributed by atoms with Gasteiger partial charge >= 0.3 is 94.5 Å². The van der Waals surface area contributed by atoms with Gasteiger partial charge in [0.2, 0.25) is 0 Å². The monoisotopic (exact) mass is 260 g/mol. The van der Waals surface area contributed by atoms with Gasteiger partial charge in [-0.15, -0.1) is 0 Å². The van der Waals surface area contributed by atoms with Crippen molar-refractivity contribution in [1.29, 1.82) is 0 Å². The molecule has 0 saturated carbocycles. The number of hydrogen-bond donors (Lipinski definition) is 1. The summed E-state index contributed by atoms with van der Waals surface area (Å²) in [6.45, 7) is 4.64. The number of carbonyl (C=O) groups is 1. The molecule has 0 heterocycles. The predicted octanol–water partition coefficient (Wildman–Crippen LogP) is 3.93. The van der Waals surface area contributed by atoms with E-state index in [-0.39, 0.29) is 0 Å². The van der Waals surface area contributed by atoms with E-state index in [1.54, 1.807) is 30.3 Å². The van der Waals surface area contributed by atoms with Gasteiger partial charge in [-0.05, 0) is 12.1 Å². The SMILES string of the molecule is CCCCC[CH](C)[K].O=C(O)c1ccccc1. The van der Waals surface area contributed by atoms with Gasteiger partial charge in [-0.1, -0.05) is 18.2 Å². The summed E-state index contributed by atoms with van der Waals surface area (Å²) in [4.78, 5) is 10.2. The minimum Gasteiger partial charge on any atom is -0.478 e. The maximum absolute atomic E-state index is 10.2. The van der Waals surface area contributed by atoms with Crippen LogP contribution < -0.4 is 0 Å². The first-order chi connectivity index (χ1) is 8.07. The third-order valence-corrected chi connectivity index (χ3v) is 3.31. The fraction of sp³-hybridized carbons (Fsp3) is 0.500. The minimum atomic E-state index is -0.879. The molecule has 17 heavy (non-hydrogen) atoms. The molecule has 0 bridgehead atoms. The van der Waals surface area contributed by atoms with E-state index < -0.39 is 5.97 Å². The molecule has 1 aromatic carbocycles. The molecule has 90 valence electrons. The van der Waals surface area contributed by atoms with Gasteiger partial charge in [0.1, 0.15) is 0 Å². The molecule has 1 unspecified atom stereocenters. The standard InChI is InChI=1S/C7H6O2.C7H15.K/c8-7(9)6-4-2-1-3-5-6;1-3-5-7-6-4-2;/h1-5H,(H,8,9);3H,4-7H2,1-2H3;. The van der Waals surface area contributed by atoms with Gasteiger partial charge in [-0.3, -0.25) is 0 Å². The fourth-order valence-electron chi connectivity index (χ4n) is 1.38. The van der Waals surface area contributed by atoms with Crippen LogP contribution in [-0.4, -0.2) is 60.0 Å². The maximum Gasteiger partial charge on any atom is 0.335 e. The molecule has 0 aliphatic carbocycles. The Bertz CT molecular complexity index is 296. The van der Waals surface area contributed by atoms with Gasteiger partial charge in [0.25, 0.3) is 0 Å². The summed E-state index contributed by atoms with van der Waals surface area (Å²) in [7, 11) is 0. The Morgan fingerprint density at radius 1 is 1.29 bits per heavy atom. The van der Waals surface area contributed by atoms with Crippen LogP contribution in [0.25, 0.3) is 0 Å². The van der Waals surface area contributed by atoms with Crippen molar-refractivity contribution in [2.45, 2.75) is 39.5 Å². The van der Waals surface area contributed by atoms with Crippen LogP contribution in [0.2, 0.25) is 0.0125 Å². The van der Waals surface area contributed by atoms with Crippen molar-refractivity contribution in [1.82, 2.24) is 0 Å². The number of carboxylic acids is 1. The summed E-state index contributed by atoms with van der Waals surface area (Å²) in [5.74, 6) is -0.879. The molecule has 1 rings (SSSR count). The summed E-state index contributed by atoms with van der Waals surface area (Å²) in [6, 6.07) is 8.30. The van der Waals surface area contributed by atoms with Gasteiger partial charge < -0.3 is 5.11 Å². The van der Waals surface area contributed by atoms with Crippen LogP contribution in [0.5, 0.6) is 0 Å². The Kier molecular flexibility index (Phi) is 11.6. The number of rotatable bonds is 5. The average Bonchev–Trinajstić information content (AvgIpc) is 2.31. The molecule has 1 N–H and O–H groups in total. The van der Waals surface area contributed by atoms with Crippen molar-refractivity contribution < 1.29 is 9.90 Å². The van der Waals surface area contributed by atoms with E-state index in [1.807, 2.05) is 0 Å². The molecular weight excluding hydrogens is 239 g/mol. The third-order valence-electron chi connectivity index (χ3n) is 2.41. The second kappa shape index (κ2) is 11.4. The Balaban J connectivity index is 0.000000304. The zero-order valence-electron chi connectivity index (χ0n) is 11.1. The molecule has 0 saturated heterocycles. The number of aromatic carboxylic acids is 1. The smallest absolute Gasteiger partial charge is 0.335 e. The molecule has 0 radical (unpaired) electrons. The first kappa shape index (κ1) is 17.3. The molecule has 0 aromatic heterocycles. The van der Waals surface area contributed by atoms with Gasteiger partial charge in [-0.2, -0.15) is 0 Å². The normalized spacial score (nSPS) is 11.3. The summed E-state index contributed by atoms with van der Waals surface area (Å²) >= 11 is 1.07. The van der Waals surface area contributed by atoms with Gasteiger partial charge in [0, 0.05) is 0 Å². The zero-order chi connectivity index (χ0) is 13.1. The largest absolute Gasteiger partial charge is 0.478 e. The topological polar surface area (TPSA) is 37.3 Å². The van der Waals surface area contributed by atoms with Crippen LogP contribution >= 0.6 is 0 Å². The van der Waals surface area contributed by atoms with Crippen LogP contribution in [-0.2, 0) is 0 Å². The number of carboxylic acid groups (broad SMARTS) is 1. The van der Waals surface area contributed by atoms with Crippen LogP contribution in [0, 0.1) is 0 Å². The van der Waals surface area contributed by atoms with Crippen LogP contribution in [0.4, 0.5) is 0 Å². The molecule has 2 nitrogen and oxygen atoms in total. The minimum absolute atomic E-state index is 0.331. The van der Waals surface area contributed by atoms with E-state index in [0.29, 0.717) is 5.56 Å². The fourth-order valence-corrected chi connectivity index (χ4v) is 2.02. The van der Waals surface area contributed by atoms with E-state index in [1.165, 1.54) is 25.7 Å². The molecule has 0 aliphatic heterocycles. The van der Waals surface area contributed by atoms with E-state index in [0.717, 1.165) is 49.0 Å². The van der Waals surface area contributed by atoms with Crippen LogP contribution in [0.1, 0.15) is 49.9 Å². The molecule has 0 aliphatic rings. The Hall–Kier alpha value is 0.326. The van der Waals surface area contributed by atoms with E-state index in [2.05, 4.69) is 13.8 Å². The van der Waals surface area contributed by atoms with Crippen molar-refractivity contribution in [2.24, 2.45) is 0 Å². The average molecular weight is 260 g/mol. The van der Waals surface area contributed by atoms with Gasteiger partial charge in [0.05, 0.1) is 5.56 Å². The molecular formula is C14H21KO2.